The third-order valence-corrected chi connectivity index (χ3v) is 3.93. The zero-order valence-electron chi connectivity index (χ0n) is 10.6. The molecule has 0 fully saturated rings. The summed E-state index contributed by atoms with van der Waals surface area (Å²) in [6.45, 7) is 0. The lowest BCUT2D eigenvalue weighted by Gasteiger charge is -2.08. The van der Waals surface area contributed by atoms with Gasteiger partial charge in [-0.15, -0.1) is 0 Å². The largest absolute Gasteiger partial charge is 0.381 e. The van der Waals surface area contributed by atoms with E-state index < -0.39 is 21.7 Å². The lowest BCUT2D eigenvalue weighted by Crippen LogP contribution is -2.12. The fourth-order valence-corrected chi connectivity index (χ4v) is 2.96. The molecule has 0 aliphatic heterocycles. The van der Waals surface area contributed by atoms with Crippen LogP contribution >= 0.6 is 11.6 Å². The smallest absolute Gasteiger partial charge is 0.313 e. The number of benzene rings is 2. The van der Waals surface area contributed by atoms with Gasteiger partial charge >= 0.3 is 10.1 Å². The average Bonchev–Trinajstić information content (AvgIpc) is 2.41. The van der Waals surface area contributed by atoms with E-state index in [4.69, 9.17) is 21.0 Å². The summed E-state index contributed by atoms with van der Waals surface area (Å²) in [7, 11) is -3.96. The number of halogens is 2. The summed E-state index contributed by atoms with van der Waals surface area (Å²) in [4.78, 5) is 0. The van der Waals surface area contributed by atoms with Crippen LogP contribution in [0.2, 0.25) is 5.02 Å². The molecule has 0 saturated heterocycles. The van der Waals surface area contributed by atoms with E-state index in [-0.39, 0.29) is 10.8 Å². The first-order valence-electron chi connectivity index (χ1n) is 5.76. The van der Waals surface area contributed by atoms with Crippen molar-refractivity contribution in [2.24, 2.45) is 0 Å². The highest BCUT2D eigenvalue weighted by Gasteiger charge is 2.16. The molecule has 7 heteroatoms. The van der Waals surface area contributed by atoms with Gasteiger partial charge in [-0.2, -0.15) is 13.7 Å². The van der Waals surface area contributed by atoms with Crippen molar-refractivity contribution in [1.82, 2.24) is 0 Å². The zero-order chi connectivity index (χ0) is 15.5. The van der Waals surface area contributed by atoms with Crippen LogP contribution in [0, 0.1) is 17.1 Å². The lowest BCUT2D eigenvalue weighted by molar-refractivity contribution is 0.484. The molecule has 0 bridgehead atoms. The van der Waals surface area contributed by atoms with Crippen LogP contribution in [0.1, 0.15) is 11.1 Å². The van der Waals surface area contributed by atoms with Gasteiger partial charge in [-0.25, -0.2) is 4.39 Å². The summed E-state index contributed by atoms with van der Waals surface area (Å²) in [5, 5.41) is 8.64. The van der Waals surface area contributed by atoms with Crippen LogP contribution in [0.25, 0.3) is 0 Å². The fraction of sp³-hybridized carbons (Fsp3) is 0.0714. The van der Waals surface area contributed by atoms with Gasteiger partial charge in [-0.05, 0) is 35.9 Å². The molecule has 0 radical (unpaired) electrons. The van der Waals surface area contributed by atoms with E-state index in [1.165, 1.54) is 6.07 Å². The van der Waals surface area contributed by atoms with Crippen molar-refractivity contribution in [3.63, 3.8) is 0 Å². The second-order valence-corrected chi connectivity index (χ2v) is 6.15. The maximum atomic E-state index is 12.9. The monoisotopic (exact) mass is 325 g/mol. The van der Waals surface area contributed by atoms with Crippen LogP contribution in [0.4, 0.5) is 4.39 Å². The average molecular weight is 326 g/mol. The van der Waals surface area contributed by atoms with Crippen LogP contribution in [0.5, 0.6) is 5.75 Å². The molecule has 2 aromatic carbocycles. The van der Waals surface area contributed by atoms with Crippen LogP contribution in [0.15, 0.2) is 42.5 Å². The minimum absolute atomic E-state index is 0.135. The predicted octanol–water partition coefficient (Wildman–Crippen LogP) is 3.26. The Balaban J connectivity index is 2.20. The van der Waals surface area contributed by atoms with Crippen LogP contribution in [-0.4, -0.2) is 8.42 Å². The molecule has 0 atom stereocenters. The molecular formula is C14H9ClFNO3S. The summed E-state index contributed by atoms with van der Waals surface area (Å²) in [6.07, 6.45) is 0. The van der Waals surface area contributed by atoms with Crippen molar-refractivity contribution in [3.8, 4) is 11.8 Å². The summed E-state index contributed by atoms with van der Waals surface area (Å²) in [6, 6.07) is 11.2. The second kappa shape index (κ2) is 6.12. The maximum absolute atomic E-state index is 12.9. The van der Waals surface area contributed by atoms with Crippen molar-refractivity contribution in [2.45, 2.75) is 5.75 Å². The third kappa shape index (κ3) is 4.18. The predicted molar refractivity (Wildman–Crippen MR) is 75.8 cm³/mol. The molecule has 0 aromatic heterocycles. The van der Waals surface area contributed by atoms with E-state index in [0.717, 1.165) is 18.2 Å². The Morgan fingerprint density at radius 3 is 2.67 bits per heavy atom. The second-order valence-electron chi connectivity index (χ2n) is 4.17. The molecule has 0 heterocycles. The van der Waals surface area contributed by atoms with Crippen molar-refractivity contribution < 1.29 is 17.0 Å². The summed E-state index contributed by atoms with van der Waals surface area (Å²) < 4.78 is 41.6. The van der Waals surface area contributed by atoms with Crippen molar-refractivity contribution in [1.29, 1.82) is 5.26 Å². The Bertz CT molecular complexity index is 815. The van der Waals surface area contributed by atoms with E-state index in [9.17, 15) is 12.8 Å². The molecule has 2 aromatic rings. The highest BCUT2D eigenvalue weighted by molar-refractivity contribution is 7.86. The minimum atomic E-state index is -3.96. The van der Waals surface area contributed by atoms with Gasteiger partial charge in [0.2, 0.25) is 0 Å². The Hall–Kier alpha value is -2.10. The van der Waals surface area contributed by atoms with E-state index in [0.29, 0.717) is 11.1 Å². The fourth-order valence-electron chi connectivity index (χ4n) is 1.64. The molecule has 108 valence electrons. The third-order valence-electron chi connectivity index (χ3n) is 2.51. The van der Waals surface area contributed by atoms with Crippen LogP contribution in [0.3, 0.4) is 0 Å². The Labute approximate surface area is 126 Å². The van der Waals surface area contributed by atoms with Gasteiger partial charge in [0.15, 0.2) is 5.75 Å². The SMILES string of the molecule is N#Cc1cccc(CS(=O)(=O)Oc2ccc(F)cc2Cl)c1. The number of hydrogen-bond donors (Lipinski definition) is 0. The zero-order valence-corrected chi connectivity index (χ0v) is 12.2. The number of rotatable bonds is 4. The molecule has 0 amide bonds. The van der Waals surface area contributed by atoms with Crippen LogP contribution in [-0.2, 0) is 15.9 Å². The molecule has 0 spiro atoms. The Morgan fingerprint density at radius 1 is 1.24 bits per heavy atom. The molecule has 4 nitrogen and oxygen atoms in total. The van der Waals surface area contributed by atoms with Crippen molar-refractivity contribution in [2.75, 3.05) is 0 Å². The van der Waals surface area contributed by atoms with E-state index in [1.807, 2.05) is 6.07 Å². The first-order valence-corrected chi connectivity index (χ1v) is 7.71. The van der Waals surface area contributed by atoms with Gasteiger partial charge in [0, 0.05) is 0 Å². The first kappa shape index (κ1) is 15.3. The first-order chi connectivity index (χ1) is 9.89. The van der Waals surface area contributed by atoms with Gasteiger partial charge in [0.25, 0.3) is 0 Å². The van der Waals surface area contributed by atoms with Gasteiger partial charge in [0.05, 0.1) is 16.7 Å². The Morgan fingerprint density at radius 2 is 2.00 bits per heavy atom. The highest BCUT2D eigenvalue weighted by Crippen LogP contribution is 2.27. The standard InChI is InChI=1S/C14H9ClFNO3S/c15-13-7-12(16)4-5-14(13)20-21(18,19)9-11-3-1-2-10(6-11)8-17/h1-7H,9H2. The van der Waals surface area contributed by atoms with Crippen LogP contribution < -0.4 is 4.18 Å². The quantitative estimate of drug-likeness (QED) is 0.809. The molecule has 2 rings (SSSR count). The normalized spacial score (nSPS) is 10.9. The maximum Gasteiger partial charge on any atom is 0.313 e. The van der Waals surface area contributed by atoms with E-state index in [2.05, 4.69) is 0 Å². The highest BCUT2D eigenvalue weighted by atomic mass is 35.5. The van der Waals surface area contributed by atoms with Gasteiger partial charge in [-0.1, -0.05) is 23.7 Å². The van der Waals surface area contributed by atoms with Crippen molar-refractivity contribution in [3.05, 3.63) is 64.4 Å². The molecule has 0 aliphatic carbocycles. The van der Waals surface area contributed by atoms with Gasteiger partial charge < -0.3 is 4.18 Å². The molecule has 21 heavy (non-hydrogen) atoms. The van der Waals surface area contributed by atoms with Gasteiger partial charge in [-0.3, -0.25) is 0 Å². The molecule has 0 aliphatic rings. The lowest BCUT2D eigenvalue weighted by atomic mass is 10.2. The van der Waals surface area contributed by atoms with E-state index in [1.54, 1.807) is 18.2 Å². The summed E-state index contributed by atoms with van der Waals surface area (Å²) in [5.74, 6) is -1.16. The summed E-state index contributed by atoms with van der Waals surface area (Å²) >= 11 is 5.71. The number of nitrogens with zero attached hydrogens (tertiary/aromatic N) is 1. The van der Waals surface area contributed by atoms with Gasteiger partial charge in [0.1, 0.15) is 11.6 Å². The number of hydrogen-bond acceptors (Lipinski definition) is 4. The summed E-state index contributed by atoms with van der Waals surface area (Å²) in [5.41, 5.74) is 0.759. The molecule has 0 unspecified atom stereocenters. The molecule has 0 N–H and O–H groups in total. The minimum Gasteiger partial charge on any atom is -0.381 e. The Kier molecular flexibility index (Phi) is 4.46. The van der Waals surface area contributed by atoms with E-state index >= 15 is 0 Å². The van der Waals surface area contributed by atoms with Crippen molar-refractivity contribution >= 4 is 21.7 Å². The number of nitriles is 1. The molecular weight excluding hydrogens is 317 g/mol. The molecule has 0 saturated carbocycles. The topological polar surface area (TPSA) is 67.2 Å².